The molecule has 0 aromatic heterocycles. The Balaban J connectivity index is 2.90. The smallest absolute Gasteiger partial charge is 0.400 e. The van der Waals surface area contributed by atoms with E-state index < -0.39 is 18.3 Å². The highest BCUT2D eigenvalue weighted by atomic mass is 19.1. The SMILES string of the molecule is CC(F)OC(=O)Oc1cc(F)cc(C(C)(C)C)c1. The second-order valence-electron chi connectivity index (χ2n) is 4.94. The molecular weight excluding hydrogens is 242 g/mol. The first-order valence-electron chi connectivity index (χ1n) is 5.52. The molecule has 1 aromatic rings. The molecule has 0 aliphatic carbocycles. The Hall–Kier alpha value is -1.65. The third kappa shape index (κ3) is 4.31. The summed E-state index contributed by atoms with van der Waals surface area (Å²) in [4.78, 5) is 11.1. The highest BCUT2D eigenvalue weighted by Crippen LogP contribution is 2.27. The van der Waals surface area contributed by atoms with Crippen molar-refractivity contribution in [2.24, 2.45) is 0 Å². The summed E-state index contributed by atoms with van der Waals surface area (Å²) < 4.78 is 34.6. The Morgan fingerprint density at radius 1 is 1.28 bits per heavy atom. The number of carbonyl (C=O) groups excluding carboxylic acids is 1. The van der Waals surface area contributed by atoms with Gasteiger partial charge in [0.25, 0.3) is 0 Å². The minimum Gasteiger partial charge on any atom is -0.400 e. The normalized spacial score (nSPS) is 13.0. The van der Waals surface area contributed by atoms with Gasteiger partial charge in [-0.2, -0.15) is 0 Å². The van der Waals surface area contributed by atoms with E-state index in [1.54, 1.807) is 0 Å². The fourth-order valence-electron chi connectivity index (χ4n) is 1.31. The van der Waals surface area contributed by atoms with Crippen LogP contribution in [0, 0.1) is 5.82 Å². The highest BCUT2D eigenvalue weighted by Gasteiger charge is 2.18. The van der Waals surface area contributed by atoms with Gasteiger partial charge in [-0.3, -0.25) is 0 Å². The number of carbonyl (C=O) groups is 1. The van der Waals surface area contributed by atoms with Crippen LogP contribution >= 0.6 is 0 Å². The van der Waals surface area contributed by atoms with Crippen LogP contribution in [0.25, 0.3) is 0 Å². The standard InChI is InChI=1S/C13H16F2O3/c1-8(14)17-12(16)18-11-6-9(13(2,3)4)5-10(15)7-11/h5-8H,1-4H3. The van der Waals surface area contributed by atoms with Crippen LogP contribution in [0.1, 0.15) is 33.3 Å². The van der Waals surface area contributed by atoms with Crippen molar-refractivity contribution in [2.75, 3.05) is 0 Å². The largest absolute Gasteiger partial charge is 0.516 e. The highest BCUT2D eigenvalue weighted by molar-refractivity contribution is 5.64. The van der Waals surface area contributed by atoms with E-state index >= 15 is 0 Å². The van der Waals surface area contributed by atoms with Crippen LogP contribution in [-0.4, -0.2) is 12.5 Å². The predicted molar refractivity (Wildman–Crippen MR) is 62.8 cm³/mol. The molecular formula is C13H16F2O3. The van der Waals surface area contributed by atoms with Gasteiger partial charge in [-0.25, -0.2) is 13.6 Å². The van der Waals surface area contributed by atoms with Crippen molar-refractivity contribution in [1.82, 2.24) is 0 Å². The molecule has 100 valence electrons. The topological polar surface area (TPSA) is 35.5 Å². The van der Waals surface area contributed by atoms with E-state index in [0.29, 0.717) is 5.56 Å². The van der Waals surface area contributed by atoms with E-state index in [1.165, 1.54) is 12.1 Å². The van der Waals surface area contributed by atoms with E-state index in [4.69, 9.17) is 4.74 Å². The zero-order valence-electron chi connectivity index (χ0n) is 10.8. The Bertz CT molecular complexity index is 436. The summed E-state index contributed by atoms with van der Waals surface area (Å²) in [5.41, 5.74) is 0.371. The van der Waals surface area contributed by atoms with Crippen molar-refractivity contribution in [1.29, 1.82) is 0 Å². The third-order valence-electron chi connectivity index (χ3n) is 2.20. The number of rotatable bonds is 2. The van der Waals surface area contributed by atoms with E-state index in [2.05, 4.69) is 4.74 Å². The molecule has 1 unspecified atom stereocenters. The Morgan fingerprint density at radius 3 is 2.39 bits per heavy atom. The van der Waals surface area contributed by atoms with Crippen LogP contribution in [-0.2, 0) is 10.2 Å². The molecule has 0 bridgehead atoms. The van der Waals surface area contributed by atoms with Gasteiger partial charge in [0.05, 0.1) is 0 Å². The number of benzene rings is 1. The lowest BCUT2D eigenvalue weighted by molar-refractivity contribution is 0.00189. The maximum Gasteiger partial charge on any atom is 0.516 e. The van der Waals surface area contributed by atoms with Gasteiger partial charge < -0.3 is 9.47 Å². The molecule has 5 heteroatoms. The molecule has 0 aliphatic rings. The average molecular weight is 258 g/mol. The molecule has 0 saturated heterocycles. The minimum atomic E-state index is -1.77. The van der Waals surface area contributed by atoms with Gasteiger partial charge in [-0.05, 0) is 23.1 Å². The molecule has 0 aliphatic heterocycles. The molecule has 0 heterocycles. The van der Waals surface area contributed by atoms with Crippen LogP contribution in [0.15, 0.2) is 18.2 Å². The maximum absolute atomic E-state index is 13.4. The number of ether oxygens (including phenoxy) is 2. The molecule has 0 fully saturated rings. The van der Waals surface area contributed by atoms with E-state index in [1.807, 2.05) is 20.8 Å². The molecule has 3 nitrogen and oxygen atoms in total. The lowest BCUT2D eigenvalue weighted by Gasteiger charge is -2.19. The molecule has 0 saturated carbocycles. The van der Waals surface area contributed by atoms with Gasteiger partial charge in [-0.1, -0.05) is 20.8 Å². The summed E-state index contributed by atoms with van der Waals surface area (Å²) in [6.07, 6.45) is -2.97. The molecule has 18 heavy (non-hydrogen) atoms. The molecule has 1 atom stereocenters. The Labute approximate surface area is 105 Å². The maximum atomic E-state index is 13.4. The Kier molecular flexibility index (Phi) is 4.27. The van der Waals surface area contributed by atoms with Crippen molar-refractivity contribution >= 4 is 6.16 Å². The van der Waals surface area contributed by atoms with Crippen molar-refractivity contribution in [2.45, 2.75) is 39.5 Å². The summed E-state index contributed by atoms with van der Waals surface area (Å²) in [6, 6.07) is 3.92. The predicted octanol–water partition coefficient (Wildman–Crippen LogP) is 3.95. The number of hydrogen-bond donors (Lipinski definition) is 0. The Morgan fingerprint density at radius 2 is 1.89 bits per heavy atom. The van der Waals surface area contributed by atoms with Crippen LogP contribution in [0.4, 0.5) is 13.6 Å². The van der Waals surface area contributed by atoms with Crippen molar-refractivity contribution < 1.29 is 23.0 Å². The van der Waals surface area contributed by atoms with Gasteiger partial charge in [-0.15, -0.1) is 0 Å². The lowest BCUT2D eigenvalue weighted by atomic mass is 9.87. The lowest BCUT2D eigenvalue weighted by Crippen LogP contribution is -2.16. The van der Waals surface area contributed by atoms with E-state index in [9.17, 15) is 13.6 Å². The average Bonchev–Trinajstić information content (AvgIpc) is 2.13. The minimum absolute atomic E-state index is 0.00873. The first kappa shape index (κ1) is 14.4. The summed E-state index contributed by atoms with van der Waals surface area (Å²) >= 11 is 0. The van der Waals surface area contributed by atoms with Gasteiger partial charge in [0.15, 0.2) is 0 Å². The monoisotopic (exact) mass is 258 g/mol. The fourth-order valence-corrected chi connectivity index (χ4v) is 1.31. The van der Waals surface area contributed by atoms with Crippen LogP contribution in [0.5, 0.6) is 5.75 Å². The van der Waals surface area contributed by atoms with Crippen molar-refractivity contribution in [3.8, 4) is 5.75 Å². The summed E-state index contributed by atoms with van der Waals surface area (Å²) in [5.74, 6) is -0.538. The van der Waals surface area contributed by atoms with Gasteiger partial charge in [0, 0.05) is 13.0 Å². The summed E-state index contributed by atoms with van der Waals surface area (Å²) in [6.45, 7) is 6.74. The van der Waals surface area contributed by atoms with E-state index in [0.717, 1.165) is 13.0 Å². The van der Waals surface area contributed by atoms with Gasteiger partial charge >= 0.3 is 6.16 Å². The first-order valence-corrected chi connectivity index (χ1v) is 5.52. The third-order valence-corrected chi connectivity index (χ3v) is 2.20. The summed E-state index contributed by atoms with van der Waals surface area (Å²) in [7, 11) is 0. The van der Waals surface area contributed by atoms with Crippen LogP contribution in [0.3, 0.4) is 0 Å². The number of hydrogen-bond acceptors (Lipinski definition) is 3. The van der Waals surface area contributed by atoms with Crippen LogP contribution in [0.2, 0.25) is 0 Å². The van der Waals surface area contributed by atoms with Gasteiger partial charge in [0.2, 0.25) is 6.36 Å². The molecule has 0 spiro atoms. The second kappa shape index (κ2) is 5.33. The number of halogens is 2. The molecule has 1 rings (SSSR count). The summed E-state index contributed by atoms with van der Waals surface area (Å²) in [5, 5.41) is 0. The van der Waals surface area contributed by atoms with Gasteiger partial charge in [0.1, 0.15) is 11.6 Å². The number of alkyl halides is 1. The zero-order chi connectivity index (χ0) is 13.9. The first-order chi connectivity index (χ1) is 8.18. The molecule has 0 N–H and O–H groups in total. The zero-order valence-corrected chi connectivity index (χ0v) is 10.8. The molecule has 0 amide bonds. The van der Waals surface area contributed by atoms with Crippen LogP contribution < -0.4 is 4.74 Å². The fraction of sp³-hybridized carbons (Fsp3) is 0.462. The second-order valence-corrected chi connectivity index (χ2v) is 4.94. The van der Waals surface area contributed by atoms with Crippen molar-refractivity contribution in [3.05, 3.63) is 29.6 Å². The molecule has 1 aromatic carbocycles. The molecule has 0 radical (unpaired) electrons. The van der Waals surface area contributed by atoms with Crippen molar-refractivity contribution in [3.63, 3.8) is 0 Å². The van der Waals surface area contributed by atoms with E-state index in [-0.39, 0.29) is 11.2 Å². The quantitative estimate of drug-likeness (QED) is 0.595.